The normalized spacial score (nSPS) is 25.9. The van der Waals surface area contributed by atoms with Crippen LogP contribution in [0.3, 0.4) is 0 Å². The number of esters is 1. The lowest BCUT2D eigenvalue weighted by atomic mass is 10.2. The zero-order valence-electron chi connectivity index (χ0n) is 5.92. The minimum Gasteiger partial charge on any atom is -0.436 e. The molecular formula is C7H10O3. The van der Waals surface area contributed by atoms with Crippen LogP contribution in [0.25, 0.3) is 0 Å². The number of hydrogen-bond donors (Lipinski definition) is 0. The topological polar surface area (TPSA) is 35.5 Å². The lowest BCUT2D eigenvalue weighted by molar-refractivity contribution is -0.175. The fourth-order valence-electron chi connectivity index (χ4n) is 0.820. The fraction of sp³-hybridized carbons (Fsp3) is 0.714. The van der Waals surface area contributed by atoms with Crippen LogP contribution >= 0.6 is 0 Å². The largest absolute Gasteiger partial charge is 0.436 e. The zero-order valence-corrected chi connectivity index (χ0v) is 5.92. The van der Waals surface area contributed by atoms with Gasteiger partial charge in [0.15, 0.2) is 0 Å². The highest BCUT2D eigenvalue weighted by molar-refractivity contribution is 5.66. The molecule has 0 aromatic heterocycles. The van der Waals surface area contributed by atoms with Crippen molar-refractivity contribution in [1.82, 2.24) is 0 Å². The Labute approximate surface area is 60.3 Å². The maximum atomic E-state index is 10.4. The molecular weight excluding hydrogens is 132 g/mol. The molecule has 1 fully saturated rings. The van der Waals surface area contributed by atoms with Crippen LogP contribution in [0.15, 0.2) is 0 Å². The van der Waals surface area contributed by atoms with E-state index in [1.165, 1.54) is 6.92 Å². The second kappa shape index (κ2) is 3.56. The molecule has 56 valence electrons. The second-order valence-corrected chi connectivity index (χ2v) is 2.19. The minimum atomic E-state index is -0.383. The summed E-state index contributed by atoms with van der Waals surface area (Å²) in [4.78, 5) is 10.4. The minimum absolute atomic E-state index is 0.297. The van der Waals surface area contributed by atoms with Gasteiger partial charge in [0.2, 0.25) is 6.29 Å². The summed E-state index contributed by atoms with van der Waals surface area (Å²) >= 11 is 0. The van der Waals surface area contributed by atoms with Crippen LogP contribution in [0.4, 0.5) is 0 Å². The van der Waals surface area contributed by atoms with Crippen LogP contribution in [-0.4, -0.2) is 12.3 Å². The van der Waals surface area contributed by atoms with Crippen LogP contribution < -0.4 is 0 Å². The molecule has 2 radical (unpaired) electrons. The van der Waals surface area contributed by atoms with E-state index in [-0.39, 0.29) is 12.3 Å². The van der Waals surface area contributed by atoms with Crippen LogP contribution in [0, 0.1) is 6.61 Å². The van der Waals surface area contributed by atoms with Gasteiger partial charge in [-0.2, -0.15) is 0 Å². The molecule has 3 heteroatoms. The Hall–Kier alpha value is -0.570. The van der Waals surface area contributed by atoms with E-state index >= 15 is 0 Å². The van der Waals surface area contributed by atoms with Crippen molar-refractivity contribution in [3.05, 3.63) is 6.61 Å². The molecule has 0 N–H and O–H groups in total. The van der Waals surface area contributed by atoms with Gasteiger partial charge in [-0.3, -0.25) is 4.79 Å². The Bertz CT molecular complexity index is 116. The first-order valence-electron chi connectivity index (χ1n) is 3.35. The summed E-state index contributed by atoms with van der Waals surface area (Å²) in [5.41, 5.74) is 0. The standard InChI is InChI=1S/C7H10O3/c1-6(8)10-7-4-2-3-5-9-7/h7H,2-4H2,1H3. The second-order valence-electron chi connectivity index (χ2n) is 2.19. The summed E-state index contributed by atoms with van der Waals surface area (Å²) < 4.78 is 9.66. The molecule has 0 bridgehead atoms. The molecule has 1 rings (SSSR count). The Morgan fingerprint density at radius 3 is 3.10 bits per heavy atom. The van der Waals surface area contributed by atoms with Gasteiger partial charge in [-0.25, -0.2) is 0 Å². The van der Waals surface area contributed by atoms with Crippen molar-refractivity contribution in [1.29, 1.82) is 0 Å². The van der Waals surface area contributed by atoms with Crippen molar-refractivity contribution in [3.8, 4) is 0 Å². The summed E-state index contributed by atoms with van der Waals surface area (Å²) in [6.45, 7) is 4.04. The molecule has 1 atom stereocenters. The molecule has 0 spiro atoms. The smallest absolute Gasteiger partial charge is 0.304 e. The zero-order chi connectivity index (χ0) is 7.40. The third kappa shape index (κ3) is 2.35. The van der Waals surface area contributed by atoms with Crippen LogP contribution in [0.5, 0.6) is 0 Å². The van der Waals surface area contributed by atoms with Crippen LogP contribution in [-0.2, 0) is 14.3 Å². The summed E-state index contributed by atoms with van der Waals surface area (Å²) in [6.07, 6.45) is 2.22. The monoisotopic (exact) mass is 142 g/mol. The lowest BCUT2D eigenvalue weighted by Gasteiger charge is -2.20. The average Bonchev–Trinajstić information content (AvgIpc) is 1.88. The van der Waals surface area contributed by atoms with Crippen molar-refractivity contribution in [2.45, 2.75) is 32.5 Å². The molecule has 0 aliphatic carbocycles. The maximum absolute atomic E-state index is 10.4. The van der Waals surface area contributed by atoms with E-state index in [0.717, 1.165) is 19.3 Å². The van der Waals surface area contributed by atoms with E-state index in [0.29, 0.717) is 0 Å². The molecule has 0 aromatic rings. The Morgan fingerprint density at radius 1 is 1.80 bits per heavy atom. The Balaban J connectivity index is 2.19. The average molecular weight is 142 g/mol. The summed E-state index contributed by atoms with van der Waals surface area (Å²) in [5.74, 6) is -0.297. The molecule has 0 aromatic carbocycles. The third-order valence-electron chi connectivity index (χ3n) is 1.23. The highest BCUT2D eigenvalue weighted by atomic mass is 16.7. The van der Waals surface area contributed by atoms with Gasteiger partial charge in [0.25, 0.3) is 0 Å². The number of rotatable bonds is 1. The number of ether oxygens (including phenoxy) is 2. The Kier molecular flexibility index (Phi) is 2.68. The van der Waals surface area contributed by atoms with Crippen molar-refractivity contribution in [2.75, 3.05) is 0 Å². The molecule has 1 heterocycles. The van der Waals surface area contributed by atoms with Crippen molar-refractivity contribution < 1.29 is 14.3 Å². The first-order chi connectivity index (χ1) is 4.79. The lowest BCUT2D eigenvalue weighted by Crippen LogP contribution is -2.21. The molecule has 1 saturated heterocycles. The van der Waals surface area contributed by atoms with Crippen LogP contribution in [0.2, 0.25) is 0 Å². The van der Waals surface area contributed by atoms with E-state index in [9.17, 15) is 4.79 Å². The van der Waals surface area contributed by atoms with Crippen molar-refractivity contribution >= 4 is 5.97 Å². The molecule has 1 aliphatic rings. The quantitative estimate of drug-likeness (QED) is 0.514. The molecule has 0 amide bonds. The van der Waals surface area contributed by atoms with E-state index in [4.69, 9.17) is 9.47 Å². The van der Waals surface area contributed by atoms with E-state index in [1.54, 1.807) is 0 Å². The maximum Gasteiger partial charge on any atom is 0.304 e. The van der Waals surface area contributed by atoms with Gasteiger partial charge < -0.3 is 9.47 Å². The SMILES string of the molecule is CC(=O)OC1CCC[C]O1. The van der Waals surface area contributed by atoms with Gasteiger partial charge in [0.1, 0.15) is 6.61 Å². The van der Waals surface area contributed by atoms with Gasteiger partial charge in [-0.05, 0) is 12.8 Å². The summed E-state index contributed by atoms with van der Waals surface area (Å²) in [5, 5.41) is 0. The molecule has 3 nitrogen and oxygen atoms in total. The summed E-state index contributed by atoms with van der Waals surface area (Å²) in [6, 6.07) is 0. The fourth-order valence-corrected chi connectivity index (χ4v) is 0.820. The van der Waals surface area contributed by atoms with Crippen LogP contribution in [0.1, 0.15) is 26.2 Å². The van der Waals surface area contributed by atoms with Gasteiger partial charge >= 0.3 is 5.97 Å². The van der Waals surface area contributed by atoms with Crippen molar-refractivity contribution in [3.63, 3.8) is 0 Å². The highest BCUT2D eigenvalue weighted by Crippen LogP contribution is 2.16. The first-order valence-corrected chi connectivity index (χ1v) is 3.35. The predicted octanol–water partition coefficient (Wildman–Crippen LogP) is 1.11. The first kappa shape index (κ1) is 7.54. The number of carbonyl (C=O) groups is 1. The van der Waals surface area contributed by atoms with Crippen molar-refractivity contribution in [2.24, 2.45) is 0 Å². The highest BCUT2D eigenvalue weighted by Gasteiger charge is 2.16. The predicted molar refractivity (Wildman–Crippen MR) is 33.7 cm³/mol. The molecule has 10 heavy (non-hydrogen) atoms. The van der Waals surface area contributed by atoms with Gasteiger partial charge in [-0.1, -0.05) is 0 Å². The van der Waals surface area contributed by atoms with E-state index in [1.807, 2.05) is 0 Å². The Morgan fingerprint density at radius 2 is 2.60 bits per heavy atom. The molecule has 1 unspecified atom stereocenters. The van der Waals surface area contributed by atoms with Gasteiger partial charge in [0, 0.05) is 13.3 Å². The molecule has 1 aliphatic heterocycles. The number of hydrogen-bond acceptors (Lipinski definition) is 3. The third-order valence-corrected chi connectivity index (χ3v) is 1.23. The van der Waals surface area contributed by atoms with E-state index < -0.39 is 0 Å². The number of carbonyl (C=O) groups excluding carboxylic acids is 1. The molecule has 0 saturated carbocycles. The summed E-state index contributed by atoms with van der Waals surface area (Å²) in [7, 11) is 0. The van der Waals surface area contributed by atoms with Gasteiger partial charge in [0.05, 0.1) is 0 Å². The van der Waals surface area contributed by atoms with Gasteiger partial charge in [-0.15, -0.1) is 0 Å². The van der Waals surface area contributed by atoms with E-state index in [2.05, 4.69) is 6.61 Å².